The fourth-order valence-corrected chi connectivity index (χ4v) is 6.04. The van der Waals surface area contributed by atoms with Crippen molar-refractivity contribution < 1.29 is 26.7 Å². The Hall–Kier alpha value is -2.61. The summed E-state index contributed by atoms with van der Waals surface area (Å²) in [5.74, 6) is 0.0430. The van der Waals surface area contributed by atoms with E-state index in [1.807, 2.05) is 13.0 Å². The van der Waals surface area contributed by atoms with E-state index in [0.717, 1.165) is 40.5 Å². The van der Waals surface area contributed by atoms with Crippen molar-refractivity contribution in [1.82, 2.24) is 19.3 Å². The van der Waals surface area contributed by atoms with Gasteiger partial charge in [0.15, 0.2) is 0 Å². The summed E-state index contributed by atoms with van der Waals surface area (Å²) in [6.07, 6.45) is -0.412. The van der Waals surface area contributed by atoms with Crippen LogP contribution in [0.2, 0.25) is 0 Å². The molecular weight excluding hydrogens is 527 g/mol. The first-order valence-corrected chi connectivity index (χ1v) is 14.3. The summed E-state index contributed by atoms with van der Waals surface area (Å²) in [4.78, 5) is 12.7. The number of thiazole rings is 1. The van der Waals surface area contributed by atoms with E-state index in [0.29, 0.717) is 30.9 Å². The van der Waals surface area contributed by atoms with Crippen molar-refractivity contribution in [2.45, 2.75) is 51.4 Å². The maximum Gasteiger partial charge on any atom is 0.420 e. The summed E-state index contributed by atoms with van der Waals surface area (Å²) in [6.45, 7) is 5.84. The molecule has 37 heavy (non-hydrogen) atoms. The van der Waals surface area contributed by atoms with Crippen LogP contribution in [0.15, 0.2) is 30.6 Å². The molecule has 1 fully saturated rings. The fourth-order valence-electron chi connectivity index (χ4n) is 4.15. The van der Waals surface area contributed by atoms with E-state index in [1.165, 1.54) is 10.5 Å². The van der Waals surface area contributed by atoms with Gasteiger partial charge in [-0.05, 0) is 44.7 Å². The maximum atomic E-state index is 13.8. The standard InChI is InChI=1S/C24H28F3N5O3S2/c1-14-11-15(23(2,3)33)5-6-17(14)21-28-13-19(36-21)20-18(24(25,26)27)12-29-22(31-20)30-16-7-9-32(10-8-16)37(4,34)35/h5-6,11-13,16,33H,7-10H2,1-4H3,(H,29,30,31). The lowest BCUT2D eigenvalue weighted by molar-refractivity contribution is -0.137. The second-order valence-electron chi connectivity index (χ2n) is 9.65. The molecule has 0 amide bonds. The number of halogens is 3. The number of aliphatic hydroxyl groups is 1. The lowest BCUT2D eigenvalue weighted by atomic mass is 9.95. The van der Waals surface area contributed by atoms with E-state index in [9.17, 15) is 26.7 Å². The Morgan fingerprint density at radius 3 is 2.38 bits per heavy atom. The van der Waals surface area contributed by atoms with Gasteiger partial charge >= 0.3 is 6.18 Å². The Kier molecular flexibility index (Phi) is 7.36. The summed E-state index contributed by atoms with van der Waals surface area (Å²) in [5, 5.41) is 13.8. The average molecular weight is 556 g/mol. The van der Waals surface area contributed by atoms with Crippen LogP contribution in [0.5, 0.6) is 0 Å². The van der Waals surface area contributed by atoms with Gasteiger partial charge < -0.3 is 10.4 Å². The van der Waals surface area contributed by atoms with Crippen LogP contribution < -0.4 is 5.32 Å². The zero-order valence-corrected chi connectivity index (χ0v) is 22.4. The quantitative estimate of drug-likeness (QED) is 0.456. The van der Waals surface area contributed by atoms with Gasteiger partial charge in [0, 0.05) is 37.1 Å². The molecule has 200 valence electrons. The molecule has 3 aromatic rings. The van der Waals surface area contributed by atoms with Gasteiger partial charge in [-0.25, -0.2) is 27.7 Å². The van der Waals surface area contributed by atoms with Crippen molar-refractivity contribution in [2.75, 3.05) is 24.7 Å². The van der Waals surface area contributed by atoms with Crippen LogP contribution in [0.1, 0.15) is 43.4 Å². The highest BCUT2D eigenvalue weighted by Gasteiger charge is 2.36. The maximum absolute atomic E-state index is 13.8. The number of nitrogens with one attached hydrogen (secondary N) is 1. The van der Waals surface area contributed by atoms with Gasteiger partial charge in [-0.2, -0.15) is 13.2 Å². The molecule has 2 aromatic heterocycles. The van der Waals surface area contributed by atoms with Crippen LogP contribution in [0, 0.1) is 6.92 Å². The Morgan fingerprint density at radius 1 is 1.14 bits per heavy atom. The van der Waals surface area contributed by atoms with E-state index in [-0.39, 0.29) is 22.6 Å². The van der Waals surface area contributed by atoms with Crippen LogP contribution in [-0.2, 0) is 21.8 Å². The van der Waals surface area contributed by atoms with E-state index >= 15 is 0 Å². The van der Waals surface area contributed by atoms with Crippen LogP contribution in [0.3, 0.4) is 0 Å². The molecule has 0 unspecified atom stereocenters. The zero-order valence-electron chi connectivity index (χ0n) is 20.8. The molecule has 4 rings (SSSR count). The molecule has 0 aliphatic carbocycles. The first kappa shape index (κ1) is 27.4. The lowest BCUT2D eigenvalue weighted by Gasteiger charge is -2.30. The second kappa shape index (κ2) is 9.93. The van der Waals surface area contributed by atoms with Crippen molar-refractivity contribution in [3.8, 4) is 21.1 Å². The van der Waals surface area contributed by atoms with E-state index in [4.69, 9.17) is 0 Å². The minimum Gasteiger partial charge on any atom is -0.386 e. The zero-order chi connectivity index (χ0) is 27.2. The molecule has 13 heteroatoms. The number of piperidine rings is 1. The summed E-state index contributed by atoms with van der Waals surface area (Å²) < 4.78 is 66.3. The minimum atomic E-state index is -4.66. The lowest BCUT2D eigenvalue weighted by Crippen LogP contribution is -2.42. The first-order valence-electron chi connectivity index (χ1n) is 11.6. The molecule has 1 aliphatic heterocycles. The molecule has 8 nitrogen and oxygen atoms in total. The molecule has 0 spiro atoms. The van der Waals surface area contributed by atoms with Gasteiger partial charge in [0.05, 0.1) is 22.4 Å². The molecule has 3 heterocycles. The number of sulfonamides is 1. The summed E-state index contributed by atoms with van der Waals surface area (Å²) in [5.41, 5.74) is 0.0519. The van der Waals surface area contributed by atoms with Crippen LogP contribution in [0.25, 0.3) is 21.1 Å². The predicted molar refractivity (Wildman–Crippen MR) is 137 cm³/mol. The van der Waals surface area contributed by atoms with Gasteiger partial charge in [0.2, 0.25) is 16.0 Å². The van der Waals surface area contributed by atoms with Crippen molar-refractivity contribution in [3.05, 3.63) is 47.3 Å². The SMILES string of the molecule is Cc1cc(C(C)(C)O)ccc1-c1ncc(-c2nc(NC3CCN(S(C)(=O)=O)CC3)ncc2C(F)(F)F)s1. The highest BCUT2D eigenvalue weighted by Crippen LogP contribution is 2.40. The Morgan fingerprint density at radius 2 is 1.81 bits per heavy atom. The van der Waals surface area contributed by atoms with Crippen LogP contribution in [-0.4, -0.2) is 58.2 Å². The number of benzene rings is 1. The number of nitrogens with zero attached hydrogens (tertiary/aromatic N) is 4. The molecule has 0 radical (unpaired) electrons. The van der Waals surface area contributed by atoms with Crippen molar-refractivity contribution in [2.24, 2.45) is 0 Å². The molecule has 2 N–H and O–H groups in total. The molecule has 0 saturated carbocycles. The number of anilines is 1. The first-order chi connectivity index (χ1) is 17.1. The van der Waals surface area contributed by atoms with Crippen LogP contribution in [0.4, 0.5) is 19.1 Å². The third-order valence-electron chi connectivity index (χ3n) is 6.25. The smallest absolute Gasteiger partial charge is 0.386 e. The molecule has 0 atom stereocenters. The van der Waals surface area contributed by atoms with Crippen molar-refractivity contribution in [3.63, 3.8) is 0 Å². The third kappa shape index (κ3) is 6.28. The van der Waals surface area contributed by atoms with E-state index < -0.39 is 27.4 Å². The highest BCUT2D eigenvalue weighted by atomic mass is 32.2. The minimum absolute atomic E-state index is 0.0430. The topological polar surface area (TPSA) is 108 Å². The van der Waals surface area contributed by atoms with Crippen molar-refractivity contribution in [1.29, 1.82) is 0 Å². The summed E-state index contributed by atoms with van der Waals surface area (Å²) >= 11 is 1.09. The Balaban J connectivity index is 1.62. The van der Waals surface area contributed by atoms with E-state index in [2.05, 4.69) is 20.3 Å². The van der Waals surface area contributed by atoms with Gasteiger partial charge in [-0.1, -0.05) is 18.2 Å². The Bertz CT molecular complexity index is 1390. The number of hydrogen-bond acceptors (Lipinski definition) is 8. The van der Waals surface area contributed by atoms with Crippen molar-refractivity contribution >= 4 is 27.3 Å². The summed E-state index contributed by atoms with van der Waals surface area (Å²) in [7, 11) is -3.29. The number of aromatic nitrogens is 3. The number of alkyl halides is 3. The van der Waals surface area contributed by atoms with Gasteiger partial charge in [-0.15, -0.1) is 11.3 Å². The summed E-state index contributed by atoms with van der Waals surface area (Å²) in [6, 6.07) is 5.23. The molecule has 0 bridgehead atoms. The Labute approximate surface area is 217 Å². The van der Waals surface area contributed by atoms with Gasteiger partial charge in [-0.3, -0.25) is 0 Å². The average Bonchev–Trinajstić information content (AvgIpc) is 3.27. The molecular formula is C24H28F3N5O3S2. The van der Waals surface area contributed by atoms with Gasteiger partial charge in [0.1, 0.15) is 10.6 Å². The van der Waals surface area contributed by atoms with Crippen LogP contribution >= 0.6 is 11.3 Å². The van der Waals surface area contributed by atoms with E-state index in [1.54, 1.807) is 26.0 Å². The largest absolute Gasteiger partial charge is 0.420 e. The fraction of sp³-hybridized carbons (Fsp3) is 0.458. The monoisotopic (exact) mass is 555 g/mol. The number of aryl methyl sites for hydroxylation is 1. The normalized spacial score (nSPS) is 16.2. The second-order valence-corrected chi connectivity index (χ2v) is 12.7. The third-order valence-corrected chi connectivity index (χ3v) is 8.59. The van der Waals surface area contributed by atoms with Gasteiger partial charge in [0.25, 0.3) is 0 Å². The molecule has 1 aliphatic rings. The number of rotatable bonds is 6. The molecule has 1 saturated heterocycles. The predicted octanol–water partition coefficient (Wildman–Crippen LogP) is 4.66. The molecule has 1 aromatic carbocycles. The number of hydrogen-bond donors (Lipinski definition) is 2. The highest BCUT2D eigenvalue weighted by molar-refractivity contribution is 7.88.